The number of carbonyl (C=O) groups excluding carboxylic acids is 1. The fourth-order valence-corrected chi connectivity index (χ4v) is 3.71. The number of aryl methyl sites for hydroxylation is 1. The highest BCUT2D eigenvalue weighted by Gasteiger charge is 2.13. The molecule has 4 rings (SSSR count). The van der Waals surface area contributed by atoms with E-state index in [1.807, 2.05) is 43.3 Å². The van der Waals surface area contributed by atoms with Crippen LogP contribution in [-0.2, 0) is 11.3 Å². The average molecular weight is 462 g/mol. The van der Waals surface area contributed by atoms with Crippen molar-refractivity contribution >= 4 is 29.0 Å². The Morgan fingerprint density at radius 3 is 2.62 bits per heavy atom. The molecule has 178 valence electrons. The van der Waals surface area contributed by atoms with Crippen LogP contribution < -0.4 is 21.7 Å². The predicted octanol–water partition coefficient (Wildman–Crippen LogP) is 2.79. The summed E-state index contributed by atoms with van der Waals surface area (Å²) in [7, 11) is 0. The molecule has 34 heavy (non-hydrogen) atoms. The third-order valence-electron chi connectivity index (χ3n) is 5.58. The number of amides is 1. The zero-order valence-electron chi connectivity index (χ0n) is 19.4. The number of nitrogens with one attached hydrogen (secondary N) is 3. The molecule has 1 saturated heterocycles. The lowest BCUT2D eigenvalue weighted by Crippen LogP contribution is -2.40. The molecule has 1 aliphatic heterocycles. The van der Waals surface area contributed by atoms with Gasteiger partial charge < -0.3 is 26.4 Å². The molecule has 1 fully saturated rings. The number of benzene rings is 2. The Morgan fingerprint density at radius 2 is 1.88 bits per heavy atom. The van der Waals surface area contributed by atoms with Crippen molar-refractivity contribution in [1.29, 1.82) is 0 Å². The van der Waals surface area contributed by atoms with E-state index in [0.717, 1.165) is 62.9 Å². The Morgan fingerprint density at radius 1 is 1.09 bits per heavy atom. The van der Waals surface area contributed by atoms with Crippen LogP contribution >= 0.6 is 0 Å². The van der Waals surface area contributed by atoms with Crippen LogP contribution in [0.5, 0.6) is 0 Å². The first-order valence-corrected chi connectivity index (χ1v) is 11.4. The molecular formula is C25H31N7O2. The molecule has 1 aliphatic rings. The number of hydrogen-bond donors (Lipinski definition) is 4. The summed E-state index contributed by atoms with van der Waals surface area (Å²) in [6.45, 7) is 8.44. The molecule has 0 saturated carbocycles. The van der Waals surface area contributed by atoms with Crippen LogP contribution in [0.4, 0.5) is 23.1 Å². The molecule has 0 radical (unpaired) electrons. The Labute approximate surface area is 199 Å². The van der Waals surface area contributed by atoms with E-state index >= 15 is 0 Å². The minimum Gasteiger partial charge on any atom is -0.379 e. The van der Waals surface area contributed by atoms with Crippen LogP contribution in [0, 0.1) is 6.92 Å². The molecule has 0 aliphatic carbocycles. The molecule has 1 aromatic heterocycles. The molecule has 1 amide bonds. The first kappa shape index (κ1) is 23.6. The van der Waals surface area contributed by atoms with Gasteiger partial charge in [-0.05, 0) is 42.3 Å². The molecule has 3 aromatic rings. The zero-order valence-corrected chi connectivity index (χ0v) is 19.4. The number of morpholine rings is 1. The van der Waals surface area contributed by atoms with E-state index in [2.05, 4.69) is 43.0 Å². The second-order valence-electron chi connectivity index (χ2n) is 8.27. The molecule has 0 unspecified atom stereocenters. The lowest BCUT2D eigenvalue weighted by molar-refractivity contribution is 0.0384. The Kier molecular flexibility index (Phi) is 8.03. The van der Waals surface area contributed by atoms with Crippen LogP contribution in [0.1, 0.15) is 21.5 Å². The summed E-state index contributed by atoms with van der Waals surface area (Å²) in [6.07, 6.45) is 1.43. The number of ether oxygens (including phenoxy) is 1. The topological polar surface area (TPSA) is 117 Å². The van der Waals surface area contributed by atoms with Gasteiger partial charge in [-0.15, -0.1) is 0 Å². The van der Waals surface area contributed by atoms with Crippen molar-refractivity contribution in [3.8, 4) is 0 Å². The summed E-state index contributed by atoms with van der Waals surface area (Å²) in [5.74, 6) is 0.139. The second-order valence-corrected chi connectivity index (χ2v) is 8.27. The van der Waals surface area contributed by atoms with Crippen LogP contribution in [0.25, 0.3) is 0 Å². The molecule has 9 nitrogen and oxygen atoms in total. The van der Waals surface area contributed by atoms with Crippen LogP contribution in [0.3, 0.4) is 0 Å². The minimum absolute atomic E-state index is 0.227. The third kappa shape index (κ3) is 6.74. The predicted molar refractivity (Wildman–Crippen MR) is 134 cm³/mol. The smallest absolute Gasteiger partial charge is 0.254 e. The number of hydrogen-bond acceptors (Lipinski definition) is 8. The maximum absolute atomic E-state index is 11.9. The number of rotatable bonds is 10. The van der Waals surface area contributed by atoms with E-state index in [1.165, 1.54) is 11.8 Å². The van der Waals surface area contributed by atoms with E-state index in [9.17, 15) is 4.79 Å². The molecule has 0 spiro atoms. The summed E-state index contributed by atoms with van der Waals surface area (Å²) in [5, 5.41) is 9.85. The maximum Gasteiger partial charge on any atom is 0.254 e. The van der Waals surface area contributed by atoms with Crippen molar-refractivity contribution in [2.24, 2.45) is 5.73 Å². The summed E-state index contributed by atoms with van der Waals surface area (Å²) in [4.78, 5) is 23.0. The van der Waals surface area contributed by atoms with E-state index < -0.39 is 5.91 Å². The molecule has 2 aromatic carbocycles. The lowest BCUT2D eigenvalue weighted by Gasteiger charge is -2.26. The van der Waals surface area contributed by atoms with Crippen LogP contribution in [-0.4, -0.2) is 60.2 Å². The Hall–Kier alpha value is -3.53. The highest BCUT2D eigenvalue weighted by atomic mass is 16.5. The first-order chi connectivity index (χ1) is 16.6. The fourth-order valence-electron chi connectivity index (χ4n) is 3.71. The quantitative estimate of drug-likeness (QED) is 0.341. The number of anilines is 4. The van der Waals surface area contributed by atoms with E-state index in [-0.39, 0.29) is 5.56 Å². The number of aromatic nitrogens is 2. The van der Waals surface area contributed by atoms with Gasteiger partial charge in [0.2, 0.25) is 5.95 Å². The lowest BCUT2D eigenvalue weighted by atomic mass is 10.2. The molecular weight excluding hydrogens is 430 g/mol. The molecule has 0 bridgehead atoms. The standard InChI is InChI=1S/C25H31N7O2/c1-18-3-2-4-21(15-18)29-24-22(23(26)33)17-28-25(31-24)30-20-7-5-19(6-8-20)16-27-9-10-32-11-13-34-14-12-32/h2-8,15,17,27H,9-14,16H2,1H3,(H2,26,33)(H2,28,29,30,31). The van der Waals surface area contributed by atoms with Crippen LogP contribution in [0.15, 0.2) is 54.7 Å². The van der Waals surface area contributed by atoms with Crippen molar-refractivity contribution in [1.82, 2.24) is 20.2 Å². The van der Waals surface area contributed by atoms with Crippen molar-refractivity contribution in [2.75, 3.05) is 50.0 Å². The SMILES string of the molecule is Cc1cccc(Nc2nc(Nc3ccc(CNCCN4CCOCC4)cc3)ncc2C(N)=O)c1. The van der Waals surface area contributed by atoms with Gasteiger partial charge in [0.05, 0.1) is 13.2 Å². The van der Waals surface area contributed by atoms with E-state index in [0.29, 0.717) is 11.8 Å². The van der Waals surface area contributed by atoms with Gasteiger partial charge in [-0.1, -0.05) is 24.3 Å². The third-order valence-corrected chi connectivity index (χ3v) is 5.58. The Bertz CT molecular complexity index is 1100. The van der Waals surface area contributed by atoms with Crippen molar-refractivity contribution < 1.29 is 9.53 Å². The number of primary amides is 1. The van der Waals surface area contributed by atoms with Gasteiger partial charge in [-0.3, -0.25) is 9.69 Å². The van der Waals surface area contributed by atoms with Crippen LogP contribution in [0.2, 0.25) is 0 Å². The molecule has 5 N–H and O–H groups in total. The fraction of sp³-hybridized carbons (Fsp3) is 0.320. The average Bonchev–Trinajstić information content (AvgIpc) is 2.83. The number of nitrogens with zero attached hydrogens (tertiary/aromatic N) is 3. The maximum atomic E-state index is 11.9. The summed E-state index contributed by atoms with van der Waals surface area (Å²) < 4.78 is 5.38. The van der Waals surface area contributed by atoms with E-state index in [4.69, 9.17) is 10.5 Å². The largest absolute Gasteiger partial charge is 0.379 e. The highest BCUT2D eigenvalue weighted by Crippen LogP contribution is 2.22. The summed E-state index contributed by atoms with van der Waals surface area (Å²) >= 11 is 0. The minimum atomic E-state index is -0.591. The normalized spacial score (nSPS) is 14.0. The van der Waals surface area contributed by atoms with Crippen molar-refractivity contribution in [2.45, 2.75) is 13.5 Å². The van der Waals surface area contributed by atoms with Gasteiger partial charge in [-0.2, -0.15) is 4.98 Å². The highest BCUT2D eigenvalue weighted by molar-refractivity contribution is 5.98. The van der Waals surface area contributed by atoms with Gasteiger partial charge in [-0.25, -0.2) is 4.98 Å². The molecule has 0 atom stereocenters. The molecule has 9 heteroatoms. The second kappa shape index (κ2) is 11.6. The van der Waals surface area contributed by atoms with E-state index in [1.54, 1.807) is 0 Å². The van der Waals surface area contributed by atoms with Crippen molar-refractivity contribution in [3.63, 3.8) is 0 Å². The monoisotopic (exact) mass is 461 g/mol. The zero-order chi connectivity index (χ0) is 23.8. The summed E-state index contributed by atoms with van der Waals surface area (Å²) in [6, 6.07) is 15.9. The van der Waals surface area contributed by atoms with Crippen molar-refractivity contribution in [3.05, 3.63) is 71.4 Å². The molecule has 2 heterocycles. The Balaban J connectivity index is 1.34. The van der Waals surface area contributed by atoms with Gasteiger partial charge in [0.15, 0.2) is 0 Å². The first-order valence-electron chi connectivity index (χ1n) is 11.4. The van der Waals surface area contributed by atoms with Gasteiger partial charge in [0.25, 0.3) is 5.91 Å². The van der Waals surface area contributed by atoms with Gasteiger partial charge in [0, 0.05) is 50.3 Å². The summed E-state index contributed by atoms with van der Waals surface area (Å²) in [5.41, 5.74) is 9.70. The van der Waals surface area contributed by atoms with Gasteiger partial charge in [0.1, 0.15) is 11.4 Å². The number of nitrogens with two attached hydrogens (primary N) is 1. The number of carbonyl (C=O) groups is 1. The van der Waals surface area contributed by atoms with Gasteiger partial charge >= 0.3 is 0 Å².